The molecule has 0 fully saturated rings. The number of halogens is 2. The smallest absolute Gasteiger partial charge is 0.348 e. The quantitative estimate of drug-likeness (QED) is 0.884. The summed E-state index contributed by atoms with van der Waals surface area (Å²) in [7, 11) is 1.26. The molecule has 0 bridgehead atoms. The van der Waals surface area contributed by atoms with Gasteiger partial charge >= 0.3 is 5.97 Å². The number of aryl methyl sites for hydroxylation is 1. The lowest BCUT2D eigenvalue weighted by molar-refractivity contribution is 0.0605. The summed E-state index contributed by atoms with van der Waals surface area (Å²) in [5, 5.41) is 2.88. The second kappa shape index (κ2) is 6.01. The lowest BCUT2D eigenvalue weighted by atomic mass is 10.2. The summed E-state index contributed by atoms with van der Waals surface area (Å²) in [6, 6.07) is 4.13. The number of carbonyl (C=O) groups is 2. The van der Waals surface area contributed by atoms with Crippen LogP contribution in [-0.2, 0) is 4.74 Å². The van der Waals surface area contributed by atoms with E-state index < -0.39 is 23.5 Å². The van der Waals surface area contributed by atoms with Gasteiger partial charge in [0.2, 0.25) is 0 Å². The predicted octanol–water partition coefficient (Wildman–Crippen LogP) is 3.37. The van der Waals surface area contributed by atoms with Gasteiger partial charge in [-0.25, -0.2) is 13.6 Å². The zero-order valence-corrected chi connectivity index (χ0v) is 12.0. The number of hydrogen-bond donors (Lipinski definition) is 1. The molecule has 1 aromatic carbocycles. The third-order valence-corrected chi connectivity index (χ3v) is 3.78. The SMILES string of the molecule is COC(=O)c1sc(NC(=O)c2cc(F)cc(F)c2)cc1C. The number of nitrogens with one attached hydrogen (secondary N) is 1. The first-order valence-corrected chi connectivity index (χ1v) is 6.68. The zero-order chi connectivity index (χ0) is 15.6. The Morgan fingerprint density at radius 3 is 2.33 bits per heavy atom. The van der Waals surface area contributed by atoms with Gasteiger partial charge in [0.05, 0.1) is 12.1 Å². The molecule has 7 heteroatoms. The number of carbonyl (C=O) groups excluding carboxylic acids is 2. The Labute approximate surface area is 123 Å². The fraction of sp³-hybridized carbons (Fsp3) is 0.143. The van der Waals surface area contributed by atoms with Crippen LogP contribution >= 0.6 is 11.3 Å². The van der Waals surface area contributed by atoms with E-state index in [-0.39, 0.29) is 5.56 Å². The molecule has 1 heterocycles. The Hall–Kier alpha value is -2.28. The number of rotatable bonds is 3. The van der Waals surface area contributed by atoms with Crippen molar-refractivity contribution < 1.29 is 23.1 Å². The van der Waals surface area contributed by atoms with Gasteiger partial charge in [0, 0.05) is 11.6 Å². The van der Waals surface area contributed by atoms with Crippen molar-refractivity contribution in [3.63, 3.8) is 0 Å². The molecule has 21 heavy (non-hydrogen) atoms. The standard InChI is InChI=1S/C14H11F2NO3S/c1-7-3-11(21-12(7)14(19)20-2)17-13(18)8-4-9(15)6-10(16)5-8/h3-6H,1-2H3,(H,17,18). The van der Waals surface area contributed by atoms with Gasteiger partial charge in [-0.2, -0.15) is 0 Å². The number of esters is 1. The fourth-order valence-corrected chi connectivity index (χ4v) is 2.69. The number of hydrogen-bond acceptors (Lipinski definition) is 4. The molecule has 1 aromatic heterocycles. The molecule has 0 radical (unpaired) electrons. The number of methoxy groups -OCH3 is 1. The van der Waals surface area contributed by atoms with Crippen molar-refractivity contribution in [2.24, 2.45) is 0 Å². The van der Waals surface area contributed by atoms with Crippen LogP contribution in [0.3, 0.4) is 0 Å². The van der Waals surface area contributed by atoms with Crippen molar-refractivity contribution >= 4 is 28.2 Å². The van der Waals surface area contributed by atoms with Gasteiger partial charge in [-0.3, -0.25) is 4.79 Å². The molecule has 0 unspecified atom stereocenters. The van der Waals surface area contributed by atoms with Crippen LogP contribution in [0.25, 0.3) is 0 Å². The first kappa shape index (κ1) is 15.1. The maximum absolute atomic E-state index is 13.1. The van der Waals surface area contributed by atoms with Gasteiger partial charge in [-0.15, -0.1) is 11.3 Å². The van der Waals surface area contributed by atoms with Crippen molar-refractivity contribution in [1.29, 1.82) is 0 Å². The Balaban J connectivity index is 2.22. The van der Waals surface area contributed by atoms with E-state index in [4.69, 9.17) is 0 Å². The van der Waals surface area contributed by atoms with Crippen molar-refractivity contribution in [3.05, 3.63) is 51.9 Å². The Morgan fingerprint density at radius 2 is 1.76 bits per heavy atom. The van der Waals surface area contributed by atoms with Gasteiger partial charge in [0.1, 0.15) is 16.5 Å². The van der Waals surface area contributed by atoms with E-state index in [0.29, 0.717) is 21.5 Å². The van der Waals surface area contributed by atoms with Crippen LogP contribution < -0.4 is 5.32 Å². The van der Waals surface area contributed by atoms with Crippen LogP contribution in [-0.4, -0.2) is 19.0 Å². The average molecular weight is 311 g/mol. The minimum atomic E-state index is -0.835. The largest absolute Gasteiger partial charge is 0.465 e. The van der Waals surface area contributed by atoms with E-state index >= 15 is 0 Å². The minimum Gasteiger partial charge on any atom is -0.465 e. The second-order valence-electron chi connectivity index (χ2n) is 4.23. The number of thiophene rings is 1. The molecule has 0 saturated heterocycles. The van der Waals surface area contributed by atoms with Crippen molar-refractivity contribution in [2.75, 3.05) is 12.4 Å². The molecule has 0 aliphatic carbocycles. The molecule has 110 valence electrons. The topological polar surface area (TPSA) is 55.4 Å². The molecule has 2 aromatic rings. The number of anilines is 1. The van der Waals surface area contributed by atoms with Crippen LogP contribution in [0.4, 0.5) is 13.8 Å². The van der Waals surface area contributed by atoms with Gasteiger partial charge in [0.15, 0.2) is 0 Å². The zero-order valence-electron chi connectivity index (χ0n) is 11.2. The van der Waals surface area contributed by atoms with Crippen LogP contribution in [0.15, 0.2) is 24.3 Å². The van der Waals surface area contributed by atoms with E-state index in [9.17, 15) is 18.4 Å². The summed E-state index contributed by atoms with van der Waals surface area (Å²) in [6.07, 6.45) is 0. The normalized spacial score (nSPS) is 10.3. The first-order chi connectivity index (χ1) is 9.90. The fourth-order valence-electron chi connectivity index (χ4n) is 1.71. The summed E-state index contributed by atoms with van der Waals surface area (Å²) >= 11 is 1.03. The first-order valence-electron chi connectivity index (χ1n) is 5.87. The molecule has 1 N–H and O–H groups in total. The highest BCUT2D eigenvalue weighted by molar-refractivity contribution is 7.18. The Kier molecular flexibility index (Phi) is 4.32. The highest BCUT2D eigenvalue weighted by atomic mass is 32.1. The third kappa shape index (κ3) is 3.43. The maximum atomic E-state index is 13.1. The van der Waals surface area contributed by atoms with Gasteiger partial charge in [0.25, 0.3) is 5.91 Å². The summed E-state index contributed by atoms with van der Waals surface area (Å²) < 4.78 is 30.7. The lowest BCUT2D eigenvalue weighted by Crippen LogP contribution is -2.11. The highest BCUT2D eigenvalue weighted by Gasteiger charge is 2.16. The van der Waals surface area contributed by atoms with Crippen molar-refractivity contribution in [2.45, 2.75) is 6.92 Å². The minimum absolute atomic E-state index is 0.141. The number of amides is 1. The van der Waals surface area contributed by atoms with Crippen molar-refractivity contribution in [3.8, 4) is 0 Å². The van der Waals surface area contributed by atoms with Crippen LogP contribution in [0, 0.1) is 18.6 Å². The molecule has 2 rings (SSSR count). The molecule has 0 aliphatic rings. The average Bonchev–Trinajstić information content (AvgIpc) is 2.77. The van der Waals surface area contributed by atoms with E-state index in [2.05, 4.69) is 10.1 Å². The summed E-state index contributed by atoms with van der Waals surface area (Å²) in [5.74, 6) is -2.84. The van der Waals surface area contributed by atoms with E-state index in [1.807, 2.05) is 0 Å². The van der Waals surface area contributed by atoms with Crippen LogP contribution in [0.5, 0.6) is 0 Å². The maximum Gasteiger partial charge on any atom is 0.348 e. The van der Waals surface area contributed by atoms with E-state index in [1.165, 1.54) is 7.11 Å². The molecule has 1 amide bonds. The highest BCUT2D eigenvalue weighted by Crippen LogP contribution is 2.27. The number of benzene rings is 1. The lowest BCUT2D eigenvalue weighted by Gasteiger charge is -2.03. The summed E-state index contributed by atoms with van der Waals surface area (Å²) in [6.45, 7) is 1.69. The van der Waals surface area contributed by atoms with Crippen LogP contribution in [0.1, 0.15) is 25.6 Å². The van der Waals surface area contributed by atoms with Crippen LogP contribution in [0.2, 0.25) is 0 Å². The molecule has 0 saturated carbocycles. The predicted molar refractivity (Wildman–Crippen MR) is 74.7 cm³/mol. The van der Waals surface area contributed by atoms with Gasteiger partial charge < -0.3 is 10.1 Å². The molecule has 0 aliphatic heterocycles. The molecular formula is C14H11F2NO3S. The summed E-state index contributed by atoms with van der Waals surface area (Å²) in [4.78, 5) is 23.8. The Bertz CT molecular complexity index is 692. The number of ether oxygens (including phenoxy) is 1. The van der Waals surface area contributed by atoms with E-state index in [1.54, 1.807) is 13.0 Å². The summed E-state index contributed by atoms with van der Waals surface area (Å²) in [5.41, 5.74) is 0.505. The van der Waals surface area contributed by atoms with Crippen molar-refractivity contribution in [1.82, 2.24) is 0 Å². The second-order valence-corrected chi connectivity index (χ2v) is 5.28. The molecule has 0 spiro atoms. The molecule has 0 atom stereocenters. The molecular weight excluding hydrogens is 300 g/mol. The van der Waals surface area contributed by atoms with Gasteiger partial charge in [-0.05, 0) is 30.7 Å². The Morgan fingerprint density at radius 1 is 1.14 bits per heavy atom. The monoisotopic (exact) mass is 311 g/mol. The van der Waals surface area contributed by atoms with E-state index in [0.717, 1.165) is 23.5 Å². The van der Waals surface area contributed by atoms with Gasteiger partial charge in [-0.1, -0.05) is 0 Å². The third-order valence-electron chi connectivity index (χ3n) is 2.65. The molecule has 4 nitrogen and oxygen atoms in total.